The third-order valence-electron chi connectivity index (χ3n) is 2.18. The molecule has 0 atom stereocenters. The lowest BCUT2D eigenvalue weighted by atomic mass is 10.1. The Balaban J connectivity index is 5.08. The molecule has 120 valence electrons. The van der Waals surface area contributed by atoms with Gasteiger partial charge in [0.2, 0.25) is 5.83 Å². The fourth-order valence-electron chi connectivity index (χ4n) is 1.02. The van der Waals surface area contributed by atoms with Gasteiger partial charge >= 0.3 is 24.0 Å². The molecule has 0 rings (SSSR count). The minimum atomic E-state index is -6.76. The largest absolute Gasteiger partial charge is 0.469 e. The molecule has 0 aromatic carbocycles. The third kappa shape index (κ3) is 3.95. The number of ether oxygens (including phenoxy) is 1. The van der Waals surface area contributed by atoms with Crippen LogP contribution in [0, 0.1) is 0 Å². The van der Waals surface area contributed by atoms with Crippen molar-refractivity contribution in [1.82, 2.24) is 0 Å². The van der Waals surface area contributed by atoms with Gasteiger partial charge in [0.05, 0.1) is 6.61 Å². The van der Waals surface area contributed by atoms with Crippen LogP contribution in [0.2, 0.25) is 0 Å². The molecule has 0 aliphatic rings. The maximum atomic E-state index is 12.8. The van der Waals surface area contributed by atoms with E-state index in [0.29, 0.717) is 12.8 Å². The molecule has 0 saturated heterocycles. The van der Waals surface area contributed by atoms with Crippen LogP contribution in [0.15, 0.2) is 11.8 Å². The molecule has 0 fully saturated rings. The van der Waals surface area contributed by atoms with Gasteiger partial charge in [-0.3, -0.25) is 0 Å². The first-order valence-electron chi connectivity index (χ1n) is 5.40. The molecule has 0 saturated carbocycles. The summed E-state index contributed by atoms with van der Waals surface area (Å²) in [6.45, 7) is 1.09. The van der Waals surface area contributed by atoms with Crippen LogP contribution in [0.1, 0.15) is 26.2 Å². The standard InChI is InChI=1S/C10H11F9O/c1-2-3-4-5-20-7(12)6(11)8(13,14)9(15,16)10(17,18)19/h2-5H2,1H3. The number of halogens is 9. The minimum Gasteiger partial charge on any atom is -0.469 e. The third-order valence-corrected chi connectivity index (χ3v) is 2.18. The summed E-state index contributed by atoms with van der Waals surface area (Å²) in [6.07, 6.45) is -5.59. The predicted octanol–water partition coefficient (Wildman–Crippen LogP) is 5.13. The number of hydrogen-bond acceptors (Lipinski definition) is 1. The van der Waals surface area contributed by atoms with Crippen molar-refractivity contribution in [1.29, 1.82) is 0 Å². The topological polar surface area (TPSA) is 9.23 Å². The molecule has 0 aromatic rings. The van der Waals surface area contributed by atoms with Crippen molar-refractivity contribution >= 4 is 0 Å². The number of hydrogen-bond donors (Lipinski definition) is 0. The molecular weight excluding hydrogens is 307 g/mol. The second-order valence-corrected chi connectivity index (χ2v) is 3.79. The van der Waals surface area contributed by atoms with Crippen molar-refractivity contribution in [3.63, 3.8) is 0 Å². The Morgan fingerprint density at radius 3 is 1.80 bits per heavy atom. The molecule has 0 radical (unpaired) electrons. The van der Waals surface area contributed by atoms with Crippen molar-refractivity contribution in [2.24, 2.45) is 0 Å². The number of rotatable bonds is 7. The Labute approximate surface area is 108 Å². The van der Waals surface area contributed by atoms with Gasteiger partial charge in [0.1, 0.15) is 0 Å². The van der Waals surface area contributed by atoms with Gasteiger partial charge in [0.15, 0.2) is 0 Å². The second-order valence-electron chi connectivity index (χ2n) is 3.79. The van der Waals surface area contributed by atoms with Gasteiger partial charge in [-0.05, 0) is 6.42 Å². The summed E-state index contributed by atoms with van der Waals surface area (Å²) in [4.78, 5) is 0. The van der Waals surface area contributed by atoms with Crippen molar-refractivity contribution in [3.05, 3.63) is 11.8 Å². The van der Waals surface area contributed by atoms with E-state index < -0.39 is 36.5 Å². The quantitative estimate of drug-likeness (QED) is 0.359. The monoisotopic (exact) mass is 318 g/mol. The Morgan fingerprint density at radius 1 is 0.900 bits per heavy atom. The molecule has 10 heteroatoms. The lowest BCUT2D eigenvalue weighted by Gasteiger charge is -2.26. The maximum absolute atomic E-state index is 12.8. The van der Waals surface area contributed by atoms with E-state index >= 15 is 0 Å². The van der Waals surface area contributed by atoms with Gasteiger partial charge in [0.25, 0.3) is 0 Å². The lowest BCUT2D eigenvalue weighted by Crippen LogP contribution is -2.52. The smallest absolute Gasteiger partial charge is 0.460 e. The SMILES string of the molecule is CCCCCOC(F)=C(F)C(F)(F)C(F)(F)C(F)(F)F. The van der Waals surface area contributed by atoms with E-state index in [4.69, 9.17) is 0 Å². The summed E-state index contributed by atoms with van der Waals surface area (Å²) in [7, 11) is 0. The molecule has 0 amide bonds. The zero-order chi connectivity index (χ0) is 16.2. The lowest BCUT2D eigenvalue weighted by molar-refractivity contribution is -0.348. The minimum absolute atomic E-state index is 0.0957. The number of unbranched alkanes of at least 4 members (excludes halogenated alkanes) is 2. The molecule has 0 heterocycles. The Hall–Kier alpha value is -1.09. The highest BCUT2D eigenvalue weighted by Gasteiger charge is 2.76. The van der Waals surface area contributed by atoms with Crippen LogP contribution >= 0.6 is 0 Å². The van der Waals surface area contributed by atoms with Crippen LogP contribution in [0.3, 0.4) is 0 Å². The molecule has 0 spiro atoms. The number of alkyl halides is 7. The average Bonchev–Trinajstić information content (AvgIpc) is 2.31. The summed E-state index contributed by atoms with van der Waals surface area (Å²) >= 11 is 0. The van der Waals surface area contributed by atoms with Crippen LogP contribution in [0.5, 0.6) is 0 Å². The van der Waals surface area contributed by atoms with E-state index in [1.54, 1.807) is 6.92 Å². The van der Waals surface area contributed by atoms with Crippen LogP contribution in [-0.2, 0) is 4.74 Å². The molecule has 20 heavy (non-hydrogen) atoms. The van der Waals surface area contributed by atoms with E-state index in [2.05, 4.69) is 4.74 Å². The van der Waals surface area contributed by atoms with Crippen molar-refractivity contribution < 1.29 is 44.3 Å². The Kier molecular flexibility index (Phi) is 6.22. The highest BCUT2D eigenvalue weighted by Crippen LogP contribution is 2.50. The molecule has 0 aliphatic heterocycles. The molecule has 0 N–H and O–H groups in total. The van der Waals surface area contributed by atoms with Crippen LogP contribution in [0.4, 0.5) is 39.5 Å². The predicted molar refractivity (Wildman–Crippen MR) is 50.7 cm³/mol. The number of allylic oxidation sites excluding steroid dienone is 1. The molecular formula is C10H11F9O. The van der Waals surface area contributed by atoms with Crippen molar-refractivity contribution in [2.45, 2.75) is 44.2 Å². The first kappa shape index (κ1) is 18.9. The molecule has 0 aromatic heterocycles. The second kappa shape index (κ2) is 6.57. The molecule has 0 aliphatic carbocycles. The van der Waals surface area contributed by atoms with Crippen LogP contribution in [0.25, 0.3) is 0 Å². The fourth-order valence-corrected chi connectivity index (χ4v) is 1.02. The normalized spacial score (nSPS) is 15.1. The van der Waals surface area contributed by atoms with Crippen molar-refractivity contribution in [3.8, 4) is 0 Å². The summed E-state index contributed by atoms with van der Waals surface area (Å²) < 4.78 is 115. The van der Waals surface area contributed by atoms with Crippen LogP contribution < -0.4 is 0 Å². The Bertz CT molecular complexity index is 345. The molecule has 1 nitrogen and oxygen atoms in total. The average molecular weight is 318 g/mol. The maximum Gasteiger partial charge on any atom is 0.460 e. The molecule has 0 unspecified atom stereocenters. The van der Waals surface area contributed by atoms with E-state index in [0.717, 1.165) is 0 Å². The zero-order valence-electron chi connectivity index (χ0n) is 10.1. The summed E-state index contributed by atoms with van der Waals surface area (Å²) in [5, 5.41) is 0. The highest BCUT2D eigenvalue weighted by molar-refractivity contribution is 5.13. The van der Waals surface area contributed by atoms with E-state index in [1.165, 1.54) is 0 Å². The molecule has 0 bridgehead atoms. The van der Waals surface area contributed by atoms with E-state index in [9.17, 15) is 39.5 Å². The highest BCUT2D eigenvalue weighted by atomic mass is 19.4. The summed E-state index contributed by atoms with van der Waals surface area (Å²) in [6, 6.07) is -2.78. The van der Waals surface area contributed by atoms with Crippen molar-refractivity contribution in [2.75, 3.05) is 6.61 Å². The van der Waals surface area contributed by atoms with E-state index in [1.807, 2.05) is 0 Å². The first-order chi connectivity index (χ1) is 8.89. The van der Waals surface area contributed by atoms with Gasteiger partial charge < -0.3 is 4.74 Å². The first-order valence-corrected chi connectivity index (χ1v) is 5.40. The Morgan fingerprint density at radius 2 is 1.40 bits per heavy atom. The van der Waals surface area contributed by atoms with Gasteiger partial charge in [0, 0.05) is 0 Å². The van der Waals surface area contributed by atoms with Crippen LogP contribution in [-0.4, -0.2) is 24.6 Å². The van der Waals surface area contributed by atoms with E-state index in [-0.39, 0.29) is 6.42 Å². The van der Waals surface area contributed by atoms with Gasteiger partial charge in [-0.1, -0.05) is 19.8 Å². The summed E-state index contributed by atoms with van der Waals surface area (Å²) in [5.41, 5.74) is 0. The zero-order valence-corrected chi connectivity index (χ0v) is 10.1. The summed E-state index contributed by atoms with van der Waals surface area (Å²) in [5.74, 6) is -16.7. The van der Waals surface area contributed by atoms with Gasteiger partial charge in [-0.25, -0.2) is 0 Å². The van der Waals surface area contributed by atoms with Gasteiger partial charge in [-0.15, -0.1) is 0 Å². The fraction of sp³-hybridized carbons (Fsp3) is 0.800. The van der Waals surface area contributed by atoms with Gasteiger partial charge in [-0.2, -0.15) is 39.5 Å².